The first kappa shape index (κ1) is 19.3. The Bertz CT molecular complexity index is 881. The molecule has 2 N–H and O–H groups in total. The summed E-state index contributed by atoms with van der Waals surface area (Å²) in [7, 11) is 3.99. The van der Waals surface area contributed by atoms with Crippen LogP contribution in [0.2, 0.25) is 0 Å². The van der Waals surface area contributed by atoms with Crippen molar-refractivity contribution in [2.45, 2.75) is 0 Å². The van der Waals surface area contributed by atoms with Gasteiger partial charge in [-0.15, -0.1) is 0 Å². The highest BCUT2D eigenvalue weighted by molar-refractivity contribution is 6.03. The summed E-state index contributed by atoms with van der Waals surface area (Å²) in [5.74, 6) is 1.69. The lowest BCUT2D eigenvalue weighted by molar-refractivity contribution is 0.102. The summed E-state index contributed by atoms with van der Waals surface area (Å²) in [6.07, 6.45) is 3.01. The lowest BCUT2D eigenvalue weighted by Crippen LogP contribution is -2.21. The van der Waals surface area contributed by atoms with Crippen molar-refractivity contribution in [3.63, 3.8) is 0 Å². The van der Waals surface area contributed by atoms with Gasteiger partial charge in [0.15, 0.2) is 0 Å². The van der Waals surface area contributed by atoms with E-state index in [2.05, 4.69) is 25.5 Å². The van der Waals surface area contributed by atoms with Crippen molar-refractivity contribution in [2.75, 3.05) is 37.8 Å². The van der Waals surface area contributed by atoms with Gasteiger partial charge in [-0.25, -0.2) is 9.97 Å². The monoisotopic (exact) mass is 377 g/mol. The van der Waals surface area contributed by atoms with Crippen molar-refractivity contribution in [2.24, 2.45) is 0 Å². The van der Waals surface area contributed by atoms with E-state index in [0.717, 1.165) is 18.8 Å². The highest BCUT2D eigenvalue weighted by Gasteiger charge is 2.08. The molecule has 3 aromatic rings. The van der Waals surface area contributed by atoms with Gasteiger partial charge in [0.2, 0.25) is 5.95 Å². The number of likely N-dealkylation sites (N-methyl/N-ethyl adjacent to an activating group) is 1. The summed E-state index contributed by atoms with van der Waals surface area (Å²) in [6.45, 7) is 1.60. The largest absolute Gasteiger partial charge is 0.457 e. The fraction of sp³-hybridized carbons (Fsp3) is 0.190. The molecule has 0 fully saturated rings. The number of carbonyl (C=O) groups excluding carboxylic acids is 1. The van der Waals surface area contributed by atoms with Gasteiger partial charge >= 0.3 is 0 Å². The van der Waals surface area contributed by atoms with Crippen LogP contribution in [0.1, 0.15) is 10.4 Å². The van der Waals surface area contributed by atoms with E-state index in [-0.39, 0.29) is 5.91 Å². The van der Waals surface area contributed by atoms with Gasteiger partial charge in [-0.05, 0) is 50.5 Å². The van der Waals surface area contributed by atoms with Crippen LogP contribution in [0.3, 0.4) is 0 Å². The zero-order chi connectivity index (χ0) is 19.8. The first-order chi connectivity index (χ1) is 13.6. The van der Waals surface area contributed by atoms with Gasteiger partial charge in [0.25, 0.3) is 5.91 Å². The van der Waals surface area contributed by atoms with Gasteiger partial charge in [-0.2, -0.15) is 0 Å². The van der Waals surface area contributed by atoms with Gasteiger partial charge in [0.05, 0.1) is 5.56 Å². The Labute approximate surface area is 164 Å². The molecule has 0 unspecified atom stereocenters. The van der Waals surface area contributed by atoms with Gasteiger partial charge < -0.3 is 20.3 Å². The van der Waals surface area contributed by atoms with E-state index < -0.39 is 0 Å². The molecule has 0 spiro atoms. The molecule has 1 amide bonds. The Kier molecular flexibility index (Phi) is 6.54. The first-order valence-electron chi connectivity index (χ1n) is 8.95. The molecular formula is C21H23N5O2. The van der Waals surface area contributed by atoms with Crippen LogP contribution in [0, 0.1) is 0 Å². The maximum atomic E-state index is 12.4. The van der Waals surface area contributed by atoms with Crippen molar-refractivity contribution in [3.05, 3.63) is 72.6 Å². The second-order valence-electron chi connectivity index (χ2n) is 6.42. The van der Waals surface area contributed by atoms with Crippen molar-refractivity contribution in [3.8, 4) is 11.5 Å². The van der Waals surface area contributed by atoms with Crippen LogP contribution in [-0.2, 0) is 0 Å². The van der Waals surface area contributed by atoms with Crippen LogP contribution in [0.15, 0.2) is 67.0 Å². The highest BCUT2D eigenvalue weighted by Crippen LogP contribution is 2.22. The number of benzene rings is 2. The molecule has 0 atom stereocenters. The smallest absolute Gasteiger partial charge is 0.258 e. The summed E-state index contributed by atoms with van der Waals surface area (Å²) in [5.41, 5.74) is 1.06. The molecule has 0 aliphatic carbocycles. The molecule has 0 radical (unpaired) electrons. The van der Waals surface area contributed by atoms with Crippen molar-refractivity contribution in [1.82, 2.24) is 14.9 Å². The molecule has 2 aromatic carbocycles. The molecule has 0 saturated carbocycles. The average Bonchev–Trinajstić information content (AvgIpc) is 2.70. The minimum Gasteiger partial charge on any atom is -0.457 e. The third kappa shape index (κ3) is 5.78. The van der Waals surface area contributed by atoms with Crippen LogP contribution < -0.4 is 15.4 Å². The van der Waals surface area contributed by atoms with Crippen LogP contribution in [0.25, 0.3) is 0 Å². The van der Waals surface area contributed by atoms with Crippen LogP contribution in [-0.4, -0.2) is 48.0 Å². The maximum absolute atomic E-state index is 12.4. The van der Waals surface area contributed by atoms with Crippen molar-refractivity contribution >= 4 is 17.5 Å². The highest BCUT2D eigenvalue weighted by atomic mass is 16.5. The van der Waals surface area contributed by atoms with Crippen LogP contribution >= 0.6 is 0 Å². The van der Waals surface area contributed by atoms with Gasteiger partial charge in [0, 0.05) is 31.2 Å². The average molecular weight is 377 g/mol. The maximum Gasteiger partial charge on any atom is 0.258 e. The Morgan fingerprint density at radius 3 is 2.25 bits per heavy atom. The number of ether oxygens (including phenoxy) is 1. The molecule has 3 rings (SSSR count). The molecule has 0 aliphatic heterocycles. The molecule has 7 heteroatoms. The second-order valence-corrected chi connectivity index (χ2v) is 6.42. The predicted octanol–water partition coefficient (Wildman–Crippen LogP) is 3.49. The van der Waals surface area contributed by atoms with E-state index in [1.807, 2.05) is 44.4 Å². The molecule has 7 nitrogen and oxygen atoms in total. The molecule has 0 saturated heterocycles. The number of anilines is 2. The number of hydrogen-bond acceptors (Lipinski definition) is 6. The fourth-order valence-corrected chi connectivity index (χ4v) is 2.36. The van der Waals surface area contributed by atoms with Crippen LogP contribution in [0.4, 0.5) is 11.6 Å². The van der Waals surface area contributed by atoms with E-state index in [9.17, 15) is 4.79 Å². The molecular weight excluding hydrogens is 354 g/mol. The summed E-state index contributed by atoms with van der Waals surface area (Å²) < 4.78 is 5.74. The zero-order valence-electron chi connectivity index (χ0n) is 15.9. The minimum absolute atomic E-state index is 0.267. The third-order valence-electron chi connectivity index (χ3n) is 3.85. The second kappa shape index (κ2) is 9.48. The third-order valence-corrected chi connectivity index (χ3v) is 3.85. The van der Waals surface area contributed by atoms with Crippen molar-refractivity contribution < 1.29 is 9.53 Å². The van der Waals surface area contributed by atoms with E-state index >= 15 is 0 Å². The zero-order valence-corrected chi connectivity index (χ0v) is 15.9. The van der Waals surface area contributed by atoms with Crippen molar-refractivity contribution in [1.29, 1.82) is 0 Å². The normalized spacial score (nSPS) is 10.5. The number of aromatic nitrogens is 2. The summed E-state index contributed by atoms with van der Waals surface area (Å²) in [4.78, 5) is 22.8. The molecule has 0 bridgehead atoms. The van der Waals surface area contributed by atoms with Gasteiger partial charge in [-0.3, -0.25) is 4.79 Å². The van der Waals surface area contributed by atoms with E-state index in [4.69, 9.17) is 4.74 Å². The Morgan fingerprint density at radius 2 is 1.61 bits per heavy atom. The summed E-state index contributed by atoms with van der Waals surface area (Å²) in [5, 5.41) is 5.93. The summed E-state index contributed by atoms with van der Waals surface area (Å²) in [6, 6.07) is 16.7. The number of nitrogens with one attached hydrogen (secondary N) is 2. The number of nitrogens with zero attached hydrogens (tertiary/aromatic N) is 3. The molecule has 0 aliphatic rings. The summed E-state index contributed by atoms with van der Waals surface area (Å²) >= 11 is 0. The Morgan fingerprint density at radius 1 is 0.964 bits per heavy atom. The van der Waals surface area contributed by atoms with Crippen LogP contribution in [0.5, 0.6) is 11.5 Å². The van der Waals surface area contributed by atoms with E-state index in [1.54, 1.807) is 24.3 Å². The first-order valence-corrected chi connectivity index (χ1v) is 8.95. The lowest BCUT2D eigenvalue weighted by atomic mass is 10.2. The minimum atomic E-state index is -0.267. The number of para-hydroxylation sites is 1. The molecule has 1 heterocycles. The fourth-order valence-electron chi connectivity index (χ4n) is 2.36. The van der Waals surface area contributed by atoms with Gasteiger partial charge in [0.1, 0.15) is 11.5 Å². The lowest BCUT2D eigenvalue weighted by Gasteiger charge is -2.10. The Balaban J connectivity index is 1.54. The predicted molar refractivity (Wildman–Crippen MR) is 110 cm³/mol. The molecule has 144 valence electrons. The van der Waals surface area contributed by atoms with E-state index in [0.29, 0.717) is 22.9 Å². The number of hydrogen-bond donors (Lipinski definition) is 2. The topological polar surface area (TPSA) is 79.4 Å². The quantitative estimate of drug-likeness (QED) is 0.626. The Hall–Kier alpha value is -3.45. The SMILES string of the molecule is CN(C)CCNc1ncc(C(=O)Nc2ccc(Oc3ccccc3)cc2)cn1. The van der Waals surface area contributed by atoms with Gasteiger partial charge in [-0.1, -0.05) is 18.2 Å². The van der Waals surface area contributed by atoms with E-state index in [1.165, 1.54) is 12.4 Å². The number of carbonyl (C=O) groups is 1. The number of rotatable bonds is 8. The molecule has 1 aromatic heterocycles. The molecule has 28 heavy (non-hydrogen) atoms. The number of amides is 1. The standard InChI is InChI=1S/C21H23N5O2/c1-26(2)13-12-22-21-23-14-16(15-24-21)20(27)25-17-8-10-19(11-9-17)28-18-6-4-3-5-7-18/h3-11,14-15H,12-13H2,1-2H3,(H,25,27)(H,22,23,24).